The summed E-state index contributed by atoms with van der Waals surface area (Å²) in [6, 6.07) is 74.9. The number of rotatable bonds is 7. The molecule has 5 aromatic heterocycles. The lowest BCUT2D eigenvalue weighted by atomic mass is 10.2. The van der Waals surface area contributed by atoms with Crippen LogP contribution in [-0.2, 0) is 0 Å². The molecule has 0 bridgehead atoms. The zero-order valence-corrected chi connectivity index (χ0v) is 34.7. The van der Waals surface area contributed by atoms with E-state index in [1.165, 1.54) is 20.7 Å². The number of hydrogen-bond acceptors (Lipinski definition) is 5. The molecule has 0 radical (unpaired) electrons. The third-order valence-corrected chi connectivity index (χ3v) is 17.2. The summed E-state index contributed by atoms with van der Waals surface area (Å²) in [5.41, 5.74) is 8.54. The fraction of sp³-hybridized carbons (Fsp3) is 0. The van der Waals surface area contributed by atoms with Crippen LogP contribution in [0.4, 0.5) is 0 Å². The molecule has 0 fully saturated rings. The number of benzene rings is 8. The SMILES string of the molecule is c1ccc(-c2nc(-n3c4ccccc4n4c5ccccc5nc34)nc(-n3c4ccccc4n4c5cc([Si](c6ccccc6)(c6ccccc6)c6ccccc6)ccc5nc34)n2)cc1. The van der Waals surface area contributed by atoms with Crippen LogP contribution in [0.3, 0.4) is 0 Å². The molecule has 0 atom stereocenters. The molecule has 296 valence electrons. The Balaban J connectivity index is 1.10. The topological polar surface area (TPSA) is 83.1 Å². The minimum atomic E-state index is -2.83. The summed E-state index contributed by atoms with van der Waals surface area (Å²) < 4.78 is 8.58. The Labute approximate surface area is 361 Å². The van der Waals surface area contributed by atoms with Gasteiger partial charge in [0, 0.05) is 5.56 Å². The van der Waals surface area contributed by atoms with Crippen LogP contribution in [-0.4, -0.2) is 50.9 Å². The molecule has 9 nitrogen and oxygen atoms in total. The number of aromatic nitrogens is 9. The summed E-state index contributed by atoms with van der Waals surface area (Å²) in [6.07, 6.45) is 0. The van der Waals surface area contributed by atoms with Gasteiger partial charge in [0.2, 0.25) is 23.5 Å². The van der Waals surface area contributed by atoms with Crippen molar-refractivity contribution in [3.8, 4) is 23.3 Å². The molecule has 0 saturated carbocycles. The maximum atomic E-state index is 5.41. The van der Waals surface area contributed by atoms with Gasteiger partial charge in [0.25, 0.3) is 0 Å². The van der Waals surface area contributed by atoms with E-state index in [4.69, 9.17) is 24.9 Å². The highest BCUT2D eigenvalue weighted by atomic mass is 28.3. The number of nitrogens with zero attached hydrogens (tertiary/aromatic N) is 9. The van der Waals surface area contributed by atoms with E-state index in [9.17, 15) is 0 Å². The lowest BCUT2D eigenvalue weighted by Gasteiger charge is -2.34. The number of fused-ring (bicyclic) bond motifs is 10. The van der Waals surface area contributed by atoms with Gasteiger partial charge in [-0.1, -0.05) is 164 Å². The van der Waals surface area contributed by atoms with Gasteiger partial charge in [0.05, 0.1) is 44.1 Å². The summed E-state index contributed by atoms with van der Waals surface area (Å²) in [6.45, 7) is 0. The molecule has 0 spiro atoms. The number of imidazole rings is 4. The normalized spacial score (nSPS) is 12.1. The van der Waals surface area contributed by atoms with E-state index >= 15 is 0 Å². The molecule has 0 aliphatic carbocycles. The third-order valence-electron chi connectivity index (χ3n) is 12.4. The molecule has 5 heterocycles. The molecule has 0 aliphatic heterocycles. The fourth-order valence-electron chi connectivity index (χ4n) is 9.71. The fourth-order valence-corrected chi connectivity index (χ4v) is 14.5. The second kappa shape index (κ2) is 13.8. The summed E-state index contributed by atoms with van der Waals surface area (Å²) in [7, 11) is -2.83. The minimum Gasteiger partial charge on any atom is -0.276 e. The van der Waals surface area contributed by atoms with Gasteiger partial charge in [-0.15, -0.1) is 0 Å². The van der Waals surface area contributed by atoms with Crippen molar-refractivity contribution in [2.24, 2.45) is 0 Å². The molecule has 63 heavy (non-hydrogen) atoms. The van der Waals surface area contributed by atoms with Crippen LogP contribution in [0.15, 0.2) is 212 Å². The van der Waals surface area contributed by atoms with Crippen LogP contribution >= 0.6 is 0 Å². The molecular formula is C53H35N9Si. The molecule has 0 N–H and O–H groups in total. The van der Waals surface area contributed by atoms with Crippen molar-refractivity contribution in [1.29, 1.82) is 0 Å². The first-order valence-corrected chi connectivity index (χ1v) is 23.0. The van der Waals surface area contributed by atoms with Crippen LogP contribution in [0.25, 0.3) is 79.0 Å². The quantitative estimate of drug-likeness (QED) is 0.119. The smallest absolute Gasteiger partial charge is 0.242 e. The molecule has 0 amide bonds. The van der Waals surface area contributed by atoms with Gasteiger partial charge < -0.3 is 0 Å². The van der Waals surface area contributed by atoms with Gasteiger partial charge in [0.1, 0.15) is 0 Å². The molecule has 13 rings (SSSR count). The Bertz CT molecular complexity index is 3760. The molecule has 8 aromatic carbocycles. The number of hydrogen-bond donors (Lipinski definition) is 0. The van der Waals surface area contributed by atoms with E-state index in [1.54, 1.807) is 0 Å². The van der Waals surface area contributed by atoms with E-state index in [2.05, 4.69) is 171 Å². The summed E-state index contributed by atoms with van der Waals surface area (Å²) in [4.78, 5) is 26.4. The third kappa shape index (κ3) is 5.19. The van der Waals surface area contributed by atoms with Gasteiger partial charge in [-0.2, -0.15) is 15.0 Å². The van der Waals surface area contributed by atoms with Crippen molar-refractivity contribution < 1.29 is 0 Å². The second-order valence-electron chi connectivity index (χ2n) is 15.8. The Kier molecular flexibility index (Phi) is 7.72. The molecule has 13 aromatic rings. The highest BCUT2D eigenvalue weighted by Gasteiger charge is 2.41. The van der Waals surface area contributed by atoms with E-state index in [1.807, 2.05) is 59.2 Å². The average Bonchev–Trinajstić information content (AvgIpc) is 4.09. The van der Waals surface area contributed by atoms with Crippen LogP contribution in [0.2, 0.25) is 0 Å². The van der Waals surface area contributed by atoms with Crippen molar-refractivity contribution in [2.45, 2.75) is 0 Å². The molecular weight excluding hydrogens is 791 g/mol. The molecule has 10 heteroatoms. The van der Waals surface area contributed by atoms with Gasteiger partial charge in [0.15, 0.2) is 13.9 Å². The Morgan fingerprint density at radius 3 is 1.24 bits per heavy atom. The first kappa shape index (κ1) is 35.3. The Morgan fingerprint density at radius 2 is 0.714 bits per heavy atom. The predicted molar refractivity (Wildman–Crippen MR) is 255 cm³/mol. The number of para-hydroxylation sites is 6. The van der Waals surface area contributed by atoms with Gasteiger partial charge in [-0.05, 0) is 69.3 Å². The summed E-state index contributed by atoms with van der Waals surface area (Å²) in [5.74, 6) is 2.88. The Morgan fingerprint density at radius 1 is 0.302 bits per heavy atom. The lowest BCUT2D eigenvalue weighted by Crippen LogP contribution is -2.74. The van der Waals surface area contributed by atoms with Crippen molar-refractivity contribution >= 4 is 84.5 Å². The van der Waals surface area contributed by atoms with E-state index < -0.39 is 8.07 Å². The van der Waals surface area contributed by atoms with Crippen LogP contribution in [0.1, 0.15) is 0 Å². The maximum Gasteiger partial charge on any atom is 0.242 e. The van der Waals surface area contributed by atoms with Crippen molar-refractivity contribution in [1.82, 2.24) is 42.9 Å². The largest absolute Gasteiger partial charge is 0.276 e. The minimum absolute atomic E-state index is 0.453. The van der Waals surface area contributed by atoms with Gasteiger partial charge in [-0.3, -0.25) is 8.80 Å². The standard InChI is InChI=1S/C53H35N9Si/c1-5-19-36(20-6-1)49-56-50(61-46-31-17-15-29-44(46)59-43-28-14-13-27-41(43)54-52(59)61)58-51(57-49)62-47-32-18-16-30-45(47)60-48-35-40(33-34-42(48)55-53(60)62)63(37-21-7-2-8-22-37,38-23-9-3-10-24-38)39-25-11-4-12-26-39/h1-35H. The highest BCUT2D eigenvalue weighted by Crippen LogP contribution is 2.32. The van der Waals surface area contributed by atoms with E-state index in [-0.39, 0.29) is 0 Å². The van der Waals surface area contributed by atoms with E-state index in [0.29, 0.717) is 23.5 Å². The van der Waals surface area contributed by atoms with Gasteiger partial charge in [-0.25, -0.2) is 19.1 Å². The monoisotopic (exact) mass is 825 g/mol. The Hall–Kier alpha value is -8.47. The lowest BCUT2D eigenvalue weighted by molar-refractivity contribution is 0.877. The van der Waals surface area contributed by atoms with Crippen LogP contribution in [0.5, 0.6) is 0 Å². The zero-order valence-electron chi connectivity index (χ0n) is 33.7. The molecule has 0 saturated heterocycles. The van der Waals surface area contributed by atoms with Gasteiger partial charge >= 0.3 is 0 Å². The zero-order chi connectivity index (χ0) is 41.5. The summed E-state index contributed by atoms with van der Waals surface area (Å²) >= 11 is 0. The maximum absolute atomic E-state index is 5.41. The van der Waals surface area contributed by atoms with Crippen molar-refractivity contribution in [3.63, 3.8) is 0 Å². The average molecular weight is 826 g/mol. The first-order chi connectivity index (χ1) is 31.3. The van der Waals surface area contributed by atoms with Crippen LogP contribution < -0.4 is 20.7 Å². The second-order valence-corrected chi connectivity index (χ2v) is 19.6. The molecule has 0 unspecified atom stereocenters. The van der Waals surface area contributed by atoms with Crippen molar-refractivity contribution in [2.75, 3.05) is 0 Å². The first-order valence-electron chi connectivity index (χ1n) is 21.0. The van der Waals surface area contributed by atoms with Crippen molar-refractivity contribution in [3.05, 3.63) is 212 Å². The van der Waals surface area contributed by atoms with Crippen LogP contribution in [0, 0.1) is 0 Å². The summed E-state index contributed by atoms with van der Waals surface area (Å²) in [5, 5.41) is 5.20. The molecule has 0 aliphatic rings. The van der Waals surface area contributed by atoms with E-state index in [0.717, 1.165) is 55.5 Å². The highest BCUT2D eigenvalue weighted by molar-refractivity contribution is 7.20. The predicted octanol–water partition coefficient (Wildman–Crippen LogP) is 8.41.